The van der Waals surface area contributed by atoms with Gasteiger partial charge in [-0.05, 0) is 34.9 Å². The van der Waals surface area contributed by atoms with Crippen molar-refractivity contribution in [3.05, 3.63) is 131 Å². The molecule has 1 fully saturated rings. The number of thioether (sulfide) groups is 1. The summed E-state index contributed by atoms with van der Waals surface area (Å²) in [6, 6.07) is 29.9. The lowest BCUT2D eigenvalue weighted by atomic mass is 9.91. The van der Waals surface area contributed by atoms with E-state index in [0.29, 0.717) is 23.0 Å². The molecule has 4 atom stereocenters. The molecule has 1 aliphatic rings. The highest BCUT2D eigenvalue weighted by Crippen LogP contribution is 2.43. The summed E-state index contributed by atoms with van der Waals surface area (Å²) >= 11 is 1.45. The molecule has 0 saturated carbocycles. The predicted molar refractivity (Wildman–Crippen MR) is 158 cm³/mol. The Hall–Kier alpha value is -3.89. The molecule has 2 heterocycles. The fourth-order valence-electron chi connectivity index (χ4n) is 4.68. The Morgan fingerprint density at radius 1 is 0.902 bits per heavy atom. The lowest BCUT2D eigenvalue weighted by molar-refractivity contribution is -0.645. The molecule has 4 aromatic rings. The molecule has 41 heavy (non-hydrogen) atoms. The summed E-state index contributed by atoms with van der Waals surface area (Å²) in [4.78, 5) is 12.4. The second-order valence-corrected chi connectivity index (χ2v) is 11.0. The number of carbonyl (C=O) groups excluding carboxylic acids is 1. The van der Waals surface area contributed by atoms with Crippen LogP contribution in [0.1, 0.15) is 41.6 Å². The van der Waals surface area contributed by atoms with Crippen molar-refractivity contribution < 1.29 is 24.1 Å². The minimum absolute atomic E-state index is 0.00297. The van der Waals surface area contributed by atoms with Crippen LogP contribution in [-0.2, 0) is 22.6 Å². The lowest BCUT2D eigenvalue weighted by Gasteiger charge is -2.41. The maximum absolute atomic E-state index is 12.4. The first kappa shape index (κ1) is 28.6. The first-order chi connectivity index (χ1) is 20.0. The van der Waals surface area contributed by atoms with Gasteiger partial charge in [0, 0.05) is 41.6 Å². The van der Waals surface area contributed by atoms with Crippen LogP contribution in [0.25, 0.3) is 0 Å². The van der Waals surface area contributed by atoms with E-state index >= 15 is 0 Å². The molecule has 9 heteroatoms. The highest BCUT2D eigenvalue weighted by molar-refractivity contribution is 7.99. The number of carbonyl (C=O) groups is 1. The maximum Gasteiger partial charge on any atom is 0.319 e. The Morgan fingerprint density at radius 3 is 2.32 bits per heavy atom. The van der Waals surface area contributed by atoms with E-state index < -0.39 is 6.29 Å². The fourth-order valence-corrected chi connectivity index (χ4v) is 5.76. The molecule has 8 nitrogen and oxygen atoms in total. The monoisotopic (exact) mass is 571 g/mol. The molecule has 5 rings (SSSR count). The molecule has 3 N–H and O–H groups in total. The summed E-state index contributed by atoms with van der Waals surface area (Å²) < 4.78 is 13.8. The van der Waals surface area contributed by atoms with Gasteiger partial charge in [-0.1, -0.05) is 85.4 Å². The van der Waals surface area contributed by atoms with Crippen LogP contribution >= 0.6 is 11.8 Å². The quantitative estimate of drug-likeness (QED) is 0.135. The molecule has 3 aromatic carbocycles. The van der Waals surface area contributed by atoms with Crippen LogP contribution in [0.4, 0.5) is 10.5 Å². The van der Waals surface area contributed by atoms with Crippen LogP contribution in [0.15, 0.2) is 108 Å². The number of aromatic nitrogens is 1. The van der Waals surface area contributed by atoms with E-state index in [1.54, 1.807) is 12.1 Å². The number of nitrogens with one attached hydrogen (secondary N) is 2. The molecule has 0 aliphatic carbocycles. The summed E-state index contributed by atoms with van der Waals surface area (Å²) in [6.07, 6.45) is 0.380. The van der Waals surface area contributed by atoms with Crippen molar-refractivity contribution in [2.75, 3.05) is 11.1 Å². The summed E-state index contributed by atoms with van der Waals surface area (Å²) in [7, 11) is 0. The third-order valence-corrected chi connectivity index (χ3v) is 8.15. The zero-order chi connectivity index (χ0) is 28.6. The molecular formula is C32H33N3O5S. The average Bonchev–Trinajstić information content (AvgIpc) is 3.01. The van der Waals surface area contributed by atoms with E-state index in [2.05, 4.69) is 17.6 Å². The Kier molecular flexibility index (Phi) is 9.53. The number of anilines is 1. The fraction of sp³-hybridized carbons (Fsp3) is 0.250. The maximum atomic E-state index is 12.4. The van der Waals surface area contributed by atoms with Crippen molar-refractivity contribution >= 4 is 23.5 Å². The summed E-state index contributed by atoms with van der Waals surface area (Å²) in [5, 5.41) is 28.0. The van der Waals surface area contributed by atoms with E-state index in [4.69, 9.17) is 9.47 Å². The summed E-state index contributed by atoms with van der Waals surface area (Å²) in [5.74, 6) is 0.566. The normalized spacial score (nSPS) is 20.3. The number of nitrogens with zero attached hydrogens (tertiary/aromatic N) is 1. The van der Waals surface area contributed by atoms with Crippen molar-refractivity contribution in [1.29, 1.82) is 0 Å². The number of rotatable bonds is 9. The zero-order valence-corrected chi connectivity index (χ0v) is 23.5. The third kappa shape index (κ3) is 7.45. The number of aliphatic hydroxyl groups excluding tert-OH is 1. The number of aliphatic hydroxyl groups is 1. The highest BCUT2D eigenvalue weighted by Gasteiger charge is 2.38. The number of hydrogen-bond donors (Lipinski definition) is 3. The number of ether oxygens (including phenoxy) is 2. The van der Waals surface area contributed by atoms with Gasteiger partial charge < -0.3 is 30.4 Å². The van der Waals surface area contributed by atoms with Crippen LogP contribution in [0, 0.1) is 11.1 Å². The number of hydrogen-bond acceptors (Lipinski definition) is 6. The molecule has 1 aliphatic heterocycles. The van der Waals surface area contributed by atoms with Gasteiger partial charge in [-0.15, -0.1) is 0 Å². The van der Waals surface area contributed by atoms with Gasteiger partial charge in [0.05, 0.1) is 18.8 Å². The zero-order valence-electron chi connectivity index (χ0n) is 22.7. The molecule has 1 aromatic heterocycles. The molecule has 0 spiro atoms. The Bertz CT molecular complexity index is 1420. The molecular weight excluding hydrogens is 538 g/mol. The van der Waals surface area contributed by atoms with Crippen molar-refractivity contribution in [2.24, 2.45) is 5.92 Å². The van der Waals surface area contributed by atoms with E-state index in [-0.39, 0.29) is 30.8 Å². The van der Waals surface area contributed by atoms with Crippen molar-refractivity contribution in [3.63, 3.8) is 0 Å². The van der Waals surface area contributed by atoms with E-state index in [0.717, 1.165) is 27.0 Å². The predicted octanol–water partition coefficient (Wildman–Crippen LogP) is 5.72. The Morgan fingerprint density at radius 2 is 1.61 bits per heavy atom. The second kappa shape index (κ2) is 13.6. The minimum Gasteiger partial charge on any atom is -0.618 e. The van der Waals surface area contributed by atoms with Crippen LogP contribution in [0.3, 0.4) is 0 Å². The van der Waals surface area contributed by atoms with Crippen LogP contribution in [0.5, 0.6) is 0 Å². The van der Waals surface area contributed by atoms with E-state index in [9.17, 15) is 15.1 Å². The van der Waals surface area contributed by atoms with Crippen molar-refractivity contribution in [2.45, 2.75) is 43.6 Å². The average molecular weight is 572 g/mol. The van der Waals surface area contributed by atoms with Gasteiger partial charge in [-0.3, -0.25) is 0 Å². The summed E-state index contributed by atoms with van der Waals surface area (Å²) in [6.45, 7) is 2.49. The van der Waals surface area contributed by atoms with Gasteiger partial charge in [0.1, 0.15) is 0 Å². The van der Waals surface area contributed by atoms with Crippen LogP contribution < -0.4 is 15.4 Å². The van der Waals surface area contributed by atoms with Gasteiger partial charge in [-0.25, -0.2) is 4.79 Å². The first-order valence-corrected chi connectivity index (χ1v) is 14.5. The Balaban J connectivity index is 1.29. The highest BCUT2D eigenvalue weighted by atomic mass is 32.2. The van der Waals surface area contributed by atoms with Gasteiger partial charge >= 0.3 is 6.03 Å². The second-order valence-electron chi connectivity index (χ2n) is 9.91. The standard InChI is InChI=1S/C32H33N3O5S/c1-22-28(21-41-29-9-5-6-18-35(29)38)39-31(40-30(22)25-12-10-24(20-36)11-13-25)26-14-16-27(17-15-26)34-32(37)33-19-23-7-3-2-4-8-23/h2-18,22,28,30-31,36H,19-21H2,1H3,(H2,33,34,37)/t22-,28+,30+,31+/m1/s1. The summed E-state index contributed by atoms with van der Waals surface area (Å²) in [5.41, 5.74) is 4.31. The number of urea groups is 1. The number of benzene rings is 3. The third-order valence-electron chi connectivity index (χ3n) is 7.04. The molecule has 2 amide bonds. The van der Waals surface area contributed by atoms with Crippen LogP contribution in [0.2, 0.25) is 0 Å². The topological polar surface area (TPSA) is 107 Å². The smallest absolute Gasteiger partial charge is 0.319 e. The largest absolute Gasteiger partial charge is 0.618 e. The van der Waals surface area contributed by atoms with E-state index in [1.807, 2.05) is 84.9 Å². The van der Waals surface area contributed by atoms with Gasteiger partial charge in [0.2, 0.25) is 0 Å². The molecule has 0 bridgehead atoms. The number of amides is 2. The SMILES string of the molecule is C[C@@H]1[C@H](CSc2cccc[n+]2[O-])O[C@H](c2ccc(NC(=O)NCc3ccccc3)cc2)O[C@@H]1c1ccc(CO)cc1. The van der Waals surface area contributed by atoms with E-state index in [1.165, 1.54) is 18.0 Å². The molecule has 1 saturated heterocycles. The van der Waals surface area contributed by atoms with Crippen molar-refractivity contribution in [3.8, 4) is 0 Å². The van der Waals surface area contributed by atoms with Crippen LogP contribution in [-0.4, -0.2) is 23.0 Å². The lowest BCUT2D eigenvalue weighted by Crippen LogP contribution is -2.39. The molecule has 212 valence electrons. The van der Waals surface area contributed by atoms with Crippen molar-refractivity contribution in [1.82, 2.24) is 5.32 Å². The number of pyridine rings is 1. The Labute approximate surface area is 243 Å². The van der Waals surface area contributed by atoms with Gasteiger partial charge in [0.15, 0.2) is 12.5 Å². The van der Waals surface area contributed by atoms with Gasteiger partial charge in [-0.2, -0.15) is 4.73 Å². The molecule has 0 radical (unpaired) electrons. The van der Waals surface area contributed by atoms with Gasteiger partial charge in [0.25, 0.3) is 5.03 Å². The first-order valence-electron chi connectivity index (χ1n) is 13.5. The minimum atomic E-state index is -0.643. The molecule has 0 unspecified atom stereocenters.